The highest BCUT2D eigenvalue weighted by molar-refractivity contribution is 6.93. The third kappa shape index (κ3) is 2.90. The molecule has 0 bridgehead atoms. The summed E-state index contributed by atoms with van der Waals surface area (Å²) in [6, 6.07) is 9.25. The van der Waals surface area contributed by atoms with Gasteiger partial charge in [0.2, 0.25) is 0 Å². The summed E-state index contributed by atoms with van der Waals surface area (Å²) < 4.78 is 13.5. The summed E-state index contributed by atoms with van der Waals surface area (Å²) >= 11 is 0. The van der Waals surface area contributed by atoms with Gasteiger partial charge in [0.15, 0.2) is 0 Å². The van der Waals surface area contributed by atoms with Crippen LogP contribution in [-0.2, 0) is 0 Å². The molecule has 2 nitrogen and oxygen atoms in total. The first-order chi connectivity index (χ1) is 17.0. The average Bonchev–Trinajstić information content (AvgIpc) is 2.86. The fourth-order valence-corrected chi connectivity index (χ4v) is 6.70. The Morgan fingerprint density at radius 1 is 1.03 bits per heavy atom. The number of fused-ring (bicyclic) bond motifs is 6. The summed E-state index contributed by atoms with van der Waals surface area (Å²) in [5.74, 6) is 5.20. The molecular formula is C32H31BO2. The molecule has 3 aliphatic carbocycles. The van der Waals surface area contributed by atoms with Gasteiger partial charge in [-0.25, -0.2) is 0 Å². The number of benzene rings is 2. The Morgan fingerprint density at radius 3 is 2.69 bits per heavy atom. The molecule has 3 heteroatoms. The summed E-state index contributed by atoms with van der Waals surface area (Å²) in [7, 11) is 0. The molecule has 2 aliphatic heterocycles. The molecule has 4 atom stereocenters. The second kappa shape index (κ2) is 7.40. The molecule has 4 unspecified atom stereocenters. The first-order valence-electron chi connectivity index (χ1n) is 13.1. The third-order valence-corrected chi connectivity index (χ3v) is 9.03. The van der Waals surface area contributed by atoms with Crippen LogP contribution in [0.25, 0.3) is 6.08 Å². The molecular weight excluding hydrogens is 427 g/mol. The lowest BCUT2D eigenvalue weighted by molar-refractivity contribution is 0.371. The highest BCUT2D eigenvalue weighted by Gasteiger charge is 2.50. The van der Waals surface area contributed by atoms with Crippen molar-refractivity contribution in [3.05, 3.63) is 94.7 Å². The zero-order chi connectivity index (χ0) is 23.9. The maximum absolute atomic E-state index is 6.75. The van der Waals surface area contributed by atoms with Gasteiger partial charge < -0.3 is 9.47 Å². The predicted molar refractivity (Wildman–Crippen MR) is 145 cm³/mol. The van der Waals surface area contributed by atoms with Crippen LogP contribution in [0, 0.1) is 11.3 Å². The van der Waals surface area contributed by atoms with E-state index in [0.29, 0.717) is 17.8 Å². The SMILES string of the molecule is CCC(C)c1cc2c3c(c1)Oc1cc4c(cc1B3C1=C(C=CC3C=CC=CC13C)O2)C=CCC4C. The Labute approximate surface area is 208 Å². The van der Waals surface area contributed by atoms with E-state index in [1.165, 1.54) is 33.1 Å². The smallest absolute Gasteiger partial charge is 0.257 e. The highest BCUT2D eigenvalue weighted by Crippen LogP contribution is 2.51. The van der Waals surface area contributed by atoms with Crippen LogP contribution in [0.5, 0.6) is 17.2 Å². The third-order valence-electron chi connectivity index (χ3n) is 9.03. The van der Waals surface area contributed by atoms with E-state index in [9.17, 15) is 0 Å². The van der Waals surface area contributed by atoms with Crippen LogP contribution in [-0.4, -0.2) is 6.71 Å². The molecule has 0 aromatic heterocycles. The van der Waals surface area contributed by atoms with Gasteiger partial charge in [0.05, 0.1) is 0 Å². The number of rotatable bonds is 2. The Balaban J connectivity index is 1.51. The summed E-state index contributed by atoms with van der Waals surface area (Å²) in [6.07, 6.45) is 20.3. The normalized spacial score (nSPS) is 27.3. The fraction of sp³-hybridized carbons (Fsp3) is 0.312. The molecule has 2 aromatic carbocycles. The average molecular weight is 458 g/mol. The molecule has 0 amide bonds. The van der Waals surface area contributed by atoms with Crippen LogP contribution < -0.4 is 20.4 Å². The minimum Gasteiger partial charge on any atom is -0.459 e. The minimum absolute atomic E-state index is 0.114. The lowest BCUT2D eigenvalue weighted by Gasteiger charge is -2.46. The molecule has 0 spiro atoms. The predicted octanol–water partition coefficient (Wildman–Crippen LogP) is 6.94. The van der Waals surface area contributed by atoms with Gasteiger partial charge in [-0.3, -0.25) is 0 Å². The maximum atomic E-state index is 6.75. The highest BCUT2D eigenvalue weighted by atomic mass is 16.5. The second-order valence-electron chi connectivity index (χ2n) is 11.1. The Kier molecular flexibility index (Phi) is 4.47. The van der Waals surface area contributed by atoms with E-state index in [1.807, 2.05) is 0 Å². The standard InChI is InChI=1S/C32H31BO2/c1-5-19(2)22-16-28-30-29(17-22)35-27-18-24-20(3)9-8-10-21(24)15-25(27)33(30)31-26(34-28)13-12-23-11-6-7-14-32(23,31)4/h6-8,10-20,23H,5,9H2,1-4H3. The van der Waals surface area contributed by atoms with Crippen molar-refractivity contribution in [2.45, 2.75) is 52.4 Å². The summed E-state index contributed by atoms with van der Waals surface area (Å²) in [5, 5.41) is 0. The van der Waals surface area contributed by atoms with E-state index < -0.39 is 0 Å². The van der Waals surface area contributed by atoms with Crippen molar-refractivity contribution in [2.75, 3.05) is 0 Å². The molecule has 0 saturated heterocycles. The second-order valence-corrected chi connectivity index (χ2v) is 11.1. The van der Waals surface area contributed by atoms with Crippen LogP contribution in [0.3, 0.4) is 0 Å². The summed E-state index contributed by atoms with van der Waals surface area (Å²) in [5.41, 5.74) is 7.67. The molecule has 0 N–H and O–H groups in total. The molecule has 2 heterocycles. The lowest BCUT2D eigenvalue weighted by atomic mass is 9.29. The van der Waals surface area contributed by atoms with E-state index in [0.717, 1.165) is 35.8 Å². The van der Waals surface area contributed by atoms with Crippen LogP contribution in [0.15, 0.2) is 78.0 Å². The zero-order valence-corrected chi connectivity index (χ0v) is 21.0. The van der Waals surface area contributed by atoms with Crippen molar-refractivity contribution in [1.82, 2.24) is 0 Å². The van der Waals surface area contributed by atoms with Gasteiger partial charge in [-0.05, 0) is 76.6 Å². The quantitative estimate of drug-likeness (QED) is 0.454. The van der Waals surface area contributed by atoms with Gasteiger partial charge in [0, 0.05) is 16.8 Å². The van der Waals surface area contributed by atoms with Crippen molar-refractivity contribution >= 4 is 23.7 Å². The van der Waals surface area contributed by atoms with Gasteiger partial charge >= 0.3 is 0 Å². The maximum Gasteiger partial charge on any atom is 0.257 e. The molecule has 0 fully saturated rings. The van der Waals surface area contributed by atoms with Crippen molar-refractivity contribution in [1.29, 1.82) is 0 Å². The topological polar surface area (TPSA) is 18.5 Å². The van der Waals surface area contributed by atoms with Gasteiger partial charge in [-0.15, -0.1) is 0 Å². The number of hydrogen-bond donors (Lipinski definition) is 0. The van der Waals surface area contributed by atoms with Crippen molar-refractivity contribution in [2.24, 2.45) is 11.3 Å². The summed E-state index contributed by atoms with van der Waals surface area (Å²) in [6.45, 7) is 9.32. The van der Waals surface area contributed by atoms with Crippen LogP contribution in [0.1, 0.15) is 69.1 Å². The molecule has 7 rings (SSSR count). The first-order valence-corrected chi connectivity index (χ1v) is 13.1. The fourth-order valence-electron chi connectivity index (χ4n) is 6.70. The van der Waals surface area contributed by atoms with Gasteiger partial charge in [0.1, 0.15) is 23.0 Å². The Morgan fingerprint density at radius 2 is 1.86 bits per heavy atom. The first kappa shape index (κ1) is 21.1. The molecule has 5 aliphatic rings. The molecule has 0 saturated carbocycles. The lowest BCUT2D eigenvalue weighted by Crippen LogP contribution is -2.56. The molecule has 2 aromatic rings. The van der Waals surface area contributed by atoms with E-state index in [1.54, 1.807) is 0 Å². The van der Waals surface area contributed by atoms with Crippen LogP contribution >= 0.6 is 0 Å². The zero-order valence-electron chi connectivity index (χ0n) is 21.0. The van der Waals surface area contributed by atoms with Gasteiger partial charge in [-0.1, -0.05) is 76.3 Å². The van der Waals surface area contributed by atoms with E-state index >= 15 is 0 Å². The molecule has 35 heavy (non-hydrogen) atoms. The van der Waals surface area contributed by atoms with Gasteiger partial charge in [0.25, 0.3) is 6.71 Å². The summed E-state index contributed by atoms with van der Waals surface area (Å²) in [4.78, 5) is 0. The van der Waals surface area contributed by atoms with Crippen LogP contribution in [0.4, 0.5) is 0 Å². The largest absolute Gasteiger partial charge is 0.459 e. The Bertz CT molecular complexity index is 1420. The molecule has 0 radical (unpaired) electrons. The number of allylic oxidation sites excluding steroid dienone is 8. The molecule has 174 valence electrons. The van der Waals surface area contributed by atoms with Crippen molar-refractivity contribution < 1.29 is 9.47 Å². The number of hydrogen-bond acceptors (Lipinski definition) is 2. The van der Waals surface area contributed by atoms with E-state index in [2.05, 4.69) is 101 Å². The van der Waals surface area contributed by atoms with Crippen LogP contribution in [0.2, 0.25) is 0 Å². The van der Waals surface area contributed by atoms with E-state index in [-0.39, 0.29) is 12.1 Å². The monoisotopic (exact) mass is 458 g/mol. The number of ether oxygens (including phenoxy) is 2. The Hall–Kier alpha value is -3.20. The van der Waals surface area contributed by atoms with Gasteiger partial charge in [-0.2, -0.15) is 0 Å². The van der Waals surface area contributed by atoms with Crippen molar-refractivity contribution in [3.8, 4) is 17.2 Å². The minimum atomic E-state index is -0.137. The van der Waals surface area contributed by atoms with Crippen molar-refractivity contribution in [3.63, 3.8) is 0 Å². The van der Waals surface area contributed by atoms with E-state index in [4.69, 9.17) is 9.47 Å².